The lowest BCUT2D eigenvalue weighted by atomic mass is 10.0. The van der Waals surface area contributed by atoms with Gasteiger partial charge in [-0.3, -0.25) is 14.5 Å². The molecule has 34 heavy (non-hydrogen) atoms. The van der Waals surface area contributed by atoms with Crippen LogP contribution in [0.4, 0.5) is 5.69 Å². The van der Waals surface area contributed by atoms with Crippen molar-refractivity contribution in [2.24, 2.45) is 0 Å². The highest BCUT2D eigenvalue weighted by Gasteiger charge is 2.35. The molecule has 1 saturated carbocycles. The molecule has 4 rings (SSSR count). The summed E-state index contributed by atoms with van der Waals surface area (Å²) in [5.41, 5.74) is 1.23. The van der Waals surface area contributed by atoms with Gasteiger partial charge in [-0.2, -0.15) is 0 Å². The fourth-order valence-corrected chi connectivity index (χ4v) is 4.33. The van der Waals surface area contributed by atoms with E-state index in [9.17, 15) is 9.59 Å². The molecular formula is C27H30N2O5. The van der Waals surface area contributed by atoms with Crippen molar-refractivity contribution in [2.75, 3.05) is 18.6 Å². The molecule has 0 spiro atoms. The number of carbonyl (C=O) groups is 2. The van der Waals surface area contributed by atoms with Gasteiger partial charge in [-0.05, 0) is 73.9 Å². The van der Waals surface area contributed by atoms with Gasteiger partial charge in [0.1, 0.15) is 17.5 Å². The smallest absolute Gasteiger partial charge is 0.294 e. The molecule has 7 heteroatoms. The summed E-state index contributed by atoms with van der Waals surface area (Å²) in [7, 11) is 1.58. The Balaban J connectivity index is 1.78. The predicted molar refractivity (Wildman–Crippen MR) is 129 cm³/mol. The summed E-state index contributed by atoms with van der Waals surface area (Å²) in [6.07, 6.45) is 5.51. The third kappa shape index (κ3) is 5.25. The van der Waals surface area contributed by atoms with Gasteiger partial charge >= 0.3 is 0 Å². The van der Waals surface area contributed by atoms with Crippen LogP contribution < -0.4 is 19.7 Å². The molecule has 1 N–H and O–H groups in total. The van der Waals surface area contributed by atoms with Crippen LogP contribution in [-0.2, 0) is 4.79 Å². The summed E-state index contributed by atoms with van der Waals surface area (Å²) in [5, 5.41) is 3.17. The Hall–Kier alpha value is -3.74. The van der Waals surface area contributed by atoms with Crippen LogP contribution in [-0.4, -0.2) is 31.6 Å². The lowest BCUT2D eigenvalue weighted by Gasteiger charge is -2.32. The van der Waals surface area contributed by atoms with E-state index in [1.807, 2.05) is 31.2 Å². The summed E-state index contributed by atoms with van der Waals surface area (Å²) >= 11 is 0. The van der Waals surface area contributed by atoms with E-state index in [1.165, 1.54) is 11.2 Å². The molecule has 0 bridgehead atoms. The van der Waals surface area contributed by atoms with Crippen LogP contribution in [0.15, 0.2) is 71.3 Å². The number of carbonyl (C=O) groups excluding carboxylic acids is 2. The van der Waals surface area contributed by atoms with E-state index < -0.39 is 11.9 Å². The second-order valence-electron chi connectivity index (χ2n) is 8.25. The minimum atomic E-state index is -0.901. The molecule has 0 saturated heterocycles. The van der Waals surface area contributed by atoms with E-state index in [-0.39, 0.29) is 17.7 Å². The Bertz CT molecular complexity index is 1070. The maximum Gasteiger partial charge on any atom is 0.294 e. The standard InChI is InChI=1S/C27H30N2O5/c1-3-33-23-14-10-19(11-15-23)25(26(30)28-20-7-4-5-8-20)29(27(31)24-9-6-18-34-24)21-12-16-22(32-2)17-13-21/h6,9-18,20,25H,3-5,7-8H2,1-2H3,(H,28,30). The summed E-state index contributed by atoms with van der Waals surface area (Å²) in [5.74, 6) is 0.875. The molecule has 2 aromatic carbocycles. The molecule has 1 aromatic heterocycles. The second-order valence-corrected chi connectivity index (χ2v) is 8.25. The quantitative estimate of drug-likeness (QED) is 0.477. The Morgan fingerprint density at radius 2 is 1.71 bits per heavy atom. The van der Waals surface area contributed by atoms with E-state index in [4.69, 9.17) is 13.9 Å². The maximum atomic E-state index is 13.7. The normalized spacial score (nSPS) is 14.4. The number of nitrogens with one attached hydrogen (secondary N) is 1. The first-order valence-corrected chi connectivity index (χ1v) is 11.6. The monoisotopic (exact) mass is 462 g/mol. The molecule has 0 aliphatic heterocycles. The summed E-state index contributed by atoms with van der Waals surface area (Å²) < 4.78 is 16.3. The van der Waals surface area contributed by atoms with Crippen LogP contribution in [0.3, 0.4) is 0 Å². The van der Waals surface area contributed by atoms with Crippen LogP contribution in [0.25, 0.3) is 0 Å². The fraction of sp³-hybridized carbons (Fsp3) is 0.333. The largest absolute Gasteiger partial charge is 0.497 e. The van der Waals surface area contributed by atoms with E-state index in [1.54, 1.807) is 43.5 Å². The molecule has 1 fully saturated rings. The van der Waals surface area contributed by atoms with Crippen molar-refractivity contribution in [2.45, 2.75) is 44.7 Å². The van der Waals surface area contributed by atoms with Crippen LogP contribution in [0, 0.1) is 0 Å². The number of anilines is 1. The Kier molecular flexibility index (Phi) is 7.52. The van der Waals surface area contributed by atoms with E-state index >= 15 is 0 Å². The number of nitrogens with zero attached hydrogens (tertiary/aromatic N) is 1. The summed E-state index contributed by atoms with van der Waals surface area (Å²) in [6.45, 7) is 2.46. The molecule has 1 aliphatic rings. The van der Waals surface area contributed by atoms with Gasteiger partial charge in [0.25, 0.3) is 5.91 Å². The average Bonchev–Trinajstić information content (AvgIpc) is 3.58. The van der Waals surface area contributed by atoms with Gasteiger partial charge < -0.3 is 19.2 Å². The van der Waals surface area contributed by atoms with Crippen LogP contribution in [0.5, 0.6) is 11.5 Å². The molecule has 1 heterocycles. The van der Waals surface area contributed by atoms with Crippen molar-refractivity contribution in [1.29, 1.82) is 0 Å². The highest BCUT2D eigenvalue weighted by atomic mass is 16.5. The van der Waals surface area contributed by atoms with Gasteiger partial charge in [-0.25, -0.2) is 0 Å². The van der Waals surface area contributed by atoms with Gasteiger partial charge in [0.2, 0.25) is 5.91 Å². The topological polar surface area (TPSA) is 81.0 Å². The number of furan rings is 1. The van der Waals surface area contributed by atoms with Crippen LogP contribution in [0.2, 0.25) is 0 Å². The van der Waals surface area contributed by atoms with E-state index in [0.29, 0.717) is 29.4 Å². The molecular weight excluding hydrogens is 432 g/mol. The first kappa shape index (κ1) is 23.4. The molecule has 0 radical (unpaired) electrons. The van der Waals surface area contributed by atoms with Gasteiger partial charge in [0, 0.05) is 11.7 Å². The van der Waals surface area contributed by atoms with Gasteiger partial charge in [0.15, 0.2) is 5.76 Å². The summed E-state index contributed by atoms with van der Waals surface area (Å²) in [6, 6.07) is 16.8. The first-order valence-electron chi connectivity index (χ1n) is 11.6. The van der Waals surface area contributed by atoms with Crippen LogP contribution in [0.1, 0.15) is 54.8 Å². The predicted octanol–water partition coefficient (Wildman–Crippen LogP) is 5.13. The zero-order chi connectivity index (χ0) is 23.9. The minimum absolute atomic E-state index is 0.106. The Morgan fingerprint density at radius 3 is 2.29 bits per heavy atom. The number of ether oxygens (including phenoxy) is 2. The lowest BCUT2D eigenvalue weighted by Crippen LogP contribution is -2.46. The van der Waals surface area contributed by atoms with Crippen LogP contribution >= 0.6 is 0 Å². The Labute approximate surface area is 199 Å². The van der Waals surface area contributed by atoms with Crippen molar-refractivity contribution in [3.8, 4) is 11.5 Å². The molecule has 178 valence electrons. The number of rotatable bonds is 9. The van der Waals surface area contributed by atoms with Crippen molar-refractivity contribution in [3.05, 3.63) is 78.3 Å². The lowest BCUT2D eigenvalue weighted by molar-refractivity contribution is -0.123. The molecule has 1 unspecified atom stereocenters. The highest BCUT2D eigenvalue weighted by molar-refractivity contribution is 6.08. The first-order chi connectivity index (χ1) is 16.6. The number of hydrogen-bond donors (Lipinski definition) is 1. The molecule has 1 atom stereocenters. The number of hydrogen-bond acceptors (Lipinski definition) is 5. The SMILES string of the molecule is CCOc1ccc(C(C(=O)NC2CCCC2)N(C(=O)c2ccco2)c2ccc(OC)cc2)cc1. The van der Waals surface area contributed by atoms with E-state index in [2.05, 4.69) is 5.32 Å². The van der Waals surface area contributed by atoms with Gasteiger partial charge in [0.05, 0.1) is 20.0 Å². The van der Waals surface area contributed by atoms with Gasteiger partial charge in [-0.15, -0.1) is 0 Å². The Morgan fingerprint density at radius 1 is 1.03 bits per heavy atom. The number of benzene rings is 2. The fourth-order valence-electron chi connectivity index (χ4n) is 4.33. The van der Waals surface area contributed by atoms with E-state index in [0.717, 1.165) is 25.7 Å². The zero-order valence-corrected chi connectivity index (χ0v) is 19.5. The highest BCUT2D eigenvalue weighted by Crippen LogP contribution is 2.32. The zero-order valence-electron chi connectivity index (χ0n) is 19.5. The minimum Gasteiger partial charge on any atom is -0.497 e. The second kappa shape index (κ2) is 10.9. The van der Waals surface area contributed by atoms with Gasteiger partial charge in [-0.1, -0.05) is 25.0 Å². The number of amides is 2. The third-order valence-corrected chi connectivity index (χ3v) is 6.02. The molecule has 1 aliphatic carbocycles. The summed E-state index contributed by atoms with van der Waals surface area (Å²) in [4.78, 5) is 28.9. The number of methoxy groups -OCH3 is 1. The van der Waals surface area contributed by atoms with Crippen molar-refractivity contribution < 1.29 is 23.5 Å². The van der Waals surface area contributed by atoms with Crippen molar-refractivity contribution in [3.63, 3.8) is 0 Å². The molecule has 3 aromatic rings. The average molecular weight is 463 g/mol. The van der Waals surface area contributed by atoms with Crippen molar-refractivity contribution in [1.82, 2.24) is 5.32 Å². The maximum absolute atomic E-state index is 13.7. The molecule has 7 nitrogen and oxygen atoms in total. The third-order valence-electron chi connectivity index (χ3n) is 6.02. The van der Waals surface area contributed by atoms with Crippen molar-refractivity contribution >= 4 is 17.5 Å². The molecule has 2 amide bonds.